The van der Waals surface area contributed by atoms with Crippen molar-refractivity contribution in [1.82, 2.24) is 9.80 Å². The van der Waals surface area contributed by atoms with Crippen molar-refractivity contribution in [2.45, 2.75) is 24.9 Å². The third-order valence-corrected chi connectivity index (χ3v) is 4.89. The summed E-state index contributed by atoms with van der Waals surface area (Å²) in [4.78, 5) is 5.14. The van der Waals surface area contributed by atoms with Gasteiger partial charge in [-0.3, -0.25) is 9.80 Å². The lowest BCUT2D eigenvalue weighted by molar-refractivity contribution is 0.0737. The summed E-state index contributed by atoms with van der Waals surface area (Å²) in [5.74, 6) is 0. The molecule has 0 saturated carbocycles. The molecule has 1 aromatic carbocycles. The van der Waals surface area contributed by atoms with Crippen LogP contribution in [0.5, 0.6) is 0 Å². The maximum Gasteiger partial charge on any atom is 0.0486 e. The van der Waals surface area contributed by atoms with Crippen molar-refractivity contribution in [1.29, 1.82) is 0 Å². The fourth-order valence-electron chi connectivity index (χ4n) is 3.52. The van der Waals surface area contributed by atoms with Gasteiger partial charge in [0.05, 0.1) is 0 Å². The second kappa shape index (κ2) is 5.80. The highest BCUT2D eigenvalue weighted by molar-refractivity contribution is 6.31. The standard InChI is InChI=1S/C15H22ClN3/c16-14-6-2-1-5-13(14)15(10-17)19-9-8-18-7-3-4-12(18)11-19/h1-2,5-6,12,15H,3-4,7-11,17H2. The summed E-state index contributed by atoms with van der Waals surface area (Å²) in [6.07, 6.45) is 2.67. The number of nitrogens with two attached hydrogens (primary N) is 1. The summed E-state index contributed by atoms with van der Waals surface area (Å²) in [5.41, 5.74) is 7.21. The van der Waals surface area contributed by atoms with Crippen LogP contribution in [-0.2, 0) is 0 Å². The fraction of sp³-hybridized carbons (Fsp3) is 0.600. The molecule has 3 nitrogen and oxygen atoms in total. The van der Waals surface area contributed by atoms with E-state index in [4.69, 9.17) is 17.3 Å². The molecule has 2 aliphatic heterocycles. The predicted octanol–water partition coefficient (Wildman–Crippen LogP) is 2.12. The Hall–Kier alpha value is -0.610. The minimum absolute atomic E-state index is 0.261. The molecule has 19 heavy (non-hydrogen) atoms. The lowest BCUT2D eigenvalue weighted by atomic mass is 10.0. The molecule has 104 valence electrons. The maximum atomic E-state index is 6.34. The van der Waals surface area contributed by atoms with E-state index in [2.05, 4.69) is 21.9 Å². The smallest absolute Gasteiger partial charge is 0.0486 e. The Bertz CT molecular complexity index is 437. The van der Waals surface area contributed by atoms with Crippen LogP contribution < -0.4 is 5.73 Å². The molecule has 2 saturated heterocycles. The second-order valence-electron chi connectivity index (χ2n) is 5.60. The molecule has 0 aromatic heterocycles. The van der Waals surface area contributed by atoms with Crippen molar-refractivity contribution in [3.05, 3.63) is 34.9 Å². The minimum atomic E-state index is 0.261. The lowest BCUT2D eigenvalue weighted by Crippen LogP contribution is -2.52. The monoisotopic (exact) mass is 279 g/mol. The van der Waals surface area contributed by atoms with E-state index in [1.807, 2.05) is 12.1 Å². The van der Waals surface area contributed by atoms with Gasteiger partial charge in [0.25, 0.3) is 0 Å². The zero-order chi connectivity index (χ0) is 13.2. The van der Waals surface area contributed by atoms with Gasteiger partial charge in [-0.05, 0) is 31.0 Å². The summed E-state index contributed by atoms with van der Waals surface area (Å²) < 4.78 is 0. The van der Waals surface area contributed by atoms with Gasteiger partial charge in [0.1, 0.15) is 0 Å². The predicted molar refractivity (Wildman–Crippen MR) is 79.4 cm³/mol. The van der Waals surface area contributed by atoms with Crippen LogP contribution in [0.3, 0.4) is 0 Å². The molecule has 4 heteroatoms. The van der Waals surface area contributed by atoms with Gasteiger partial charge < -0.3 is 5.73 Å². The van der Waals surface area contributed by atoms with E-state index in [9.17, 15) is 0 Å². The third-order valence-electron chi connectivity index (χ3n) is 4.55. The zero-order valence-electron chi connectivity index (χ0n) is 11.3. The van der Waals surface area contributed by atoms with Gasteiger partial charge in [-0.15, -0.1) is 0 Å². The molecular weight excluding hydrogens is 258 g/mol. The fourth-order valence-corrected chi connectivity index (χ4v) is 3.78. The molecule has 1 aromatic rings. The normalized spacial score (nSPS) is 26.3. The first-order valence-electron chi connectivity index (χ1n) is 7.22. The first kappa shape index (κ1) is 13.4. The topological polar surface area (TPSA) is 32.5 Å². The Kier molecular flexibility index (Phi) is 4.08. The maximum absolute atomic E-state index is 6.34. The van der Waals surface area contributed by atoms with Crippen LogP contribution in [0.1, 0.15) is 24.4 Å². The van der Waals surface area contributed by atoms with E-state index in [0.717, 1.165) is 24.2 Å². The Morgan fingerprint density at radius 2 is 2.11 bits per heavy atom. The molecule has 0 spiro atoms. The summed E-state index contributed by atoms with van der Waals surface area (Å²) >= 11 is 6.34. The molecule has 2 N–H and O–H groups in total. The third kappa shape index (κ3) is 2.65. The van der Waals surface area contributed by atoms with Gasteiger partial charge in [-0.1, -0.05) is 29.8 Å². The van der Waals surface area contributed by atoms with Crippen molar-refractivity contribution in [2.75, 3.05) is 32.7 Å². The number of rotatable bonds is 3. The van der Waals surface area contributed by atoms with Gasteiger partial charge in [0, 0.05) is 43.3 Å². The molecule has 2 aliphatic rings. The van der Waals surface area contributed by atoms with Crippen molar-refractivity contribution >= 4 is 11.6 Å². The van der Waals surface area contributed by atoms with Crippen LogP contribution in [0.2, 0.25) is 5.02 Å². The van der Waals surface area contributed by atoms with Crippen LogP contribution in [0.4, 0.5) is 0 Å². The molecule has 2 unspecified atom stereocenters. The molecule has 0 bridgehead atoms. The Morgan fingerprint density at radius 3 is 2.89 bits per heavy atom. The first-order chi connectivity index (χ1) is 9.29. The largest absolute Gasteiger partial charge is 0.329 e. The number of benzene rings is 1. The molecule has 2 fully saturated rings. The Labute approximate surface area is 120 Å². The number of nitrogens with zero attached hydrogens (tertiary/aromatic N) is 2. The molecule has 3 rings (SSSR count). The summed E-state index contributed by atoms with van der Waals surface area (Å²) in [6, 6.07) is 9.10. The van der Waals surface area contributed by atoms with E-state index in [1.165, 1.54) is 31.5 Å². The van der Waals surface area contributed by atoms with Crippen LogP contribution >= 0.6 is 11.6 Å². The molecule has 0 radical (unpaired) electrons. The molecular formula is C15H22ClN3. The van der Waals surface area contributed by atoms with Crippen molar-refractivity contribution in [3.8, 4) is 0 Å². The molecule has 0 amide bonds. The van der Waals surface area contributed by atoms with E-state index in [0.29, 0.717) is 6.54 Å². The van der Waals surface area contributed by atoms with Crippen molar-refractivity contribution in [3.63, 3.8) is 0 Å². The van der Waals surface area contributed by atoms with Crippen LogP contribution in [0, 0.1) is 0 Å². The highest BCUT2D eigenvalue weighted by atomic mass is 35.5. The van der Waals surface area contributed by atoms with Crippen molar-refractivity contribution in [2.24, 2.45) is 5.73 Å². The molecule has 0 aliphatic carbocycles. The average molecular weight is 280 g/mol. The van der Waals surface area contributed by atoms with Crippen LogP contribution in [-0.4, -0.2) is 48.6 Å². The highest BCUT2D eigenvalue weighted by Crippen LogP contribution is 2.30. The van der Waals surface area contributed by atoms with Gasteiger partial charge in [-0.2, -0.15) is 0 Å². The van der Waals surface area contributed by atoms with E-state index in [1.54, 1.807) is 0 Å². The lowest BCUT2D eigenvalue weighted by Gasteiger charge is -2.41. The van der Waals surface area contributed by atoms with Gasteiger partial charge in [0.15, 0.2) is 0 Å². The second-order valence-corrected chi connectivity index (χ2v) is 6.01. The van der Waals surface area contributed by atoms with Crippen LogP contribution in [0.25, 0.3) is 0 Å². The summed E-state index contributed by atoms with van der Waals surface area (Å²) in [7, 11) is 0. The van der Waals surface area contributed by atoms with E-state index >= 15 is 0 Å². The number of hydrogen-bond donors (Lipinski definition) is 1. The number of piperazine rings is 1. The Balaban J connectivity index is 1.77. The van der Waals surface area contributed by atoms with Gasteiger partial charge in [0.2, 0.25) is 0 Å². The SMILES string of the molecule is NCC(c1ccccc1Cl)N1CCN2CCCC2C1. The highest BCUT2D eigenvalue weighted by Gasteiger charge is 2.33. The minimum Gasteiger partial charge on any atom is -0.329 e. The first-order valence-corrected chi connectivity index (χ1v) is 7.60. The quantitative estimate of drug-likeness (QED) is 0.920. The van der Waals surface area contributed by atoms with E-state index in [-0.39, 0.29) is 6.04 Å². The van der Waals surface area contributed by atoms with Gasteiger partial charge in [-0.25, -0.2) is 0 Å². The summed E-state index contributed by atoms with van der Waals surface area (Å²) in [6.45, 7) is 5.32. The van der Waals surface area contributed by atoms with Crippen LogP contribution in [0.15, 0.2) is 24.3 Å². The average Bonchev–Trinajstić information content (AvgIpc) is 2.89. The van der Waals surface area contributed by atoms with E-state index < -0.39 is 0 Å². The molecule has 2 heterocycles. The number of fused-ring (bicyclic) bond motifs is 1. The molecule has 2 atom stereocenters. The zero-order valence-corrected chi connectivity index (χ0v) is 12.0. The summed E-state index contributed by atoms with van der Waals surface area (Å²) in [5, 5.41) is 0.840. The number of hydrogen-bond acceptors (Lipinski definition) is 3. The Morgan fingerprint density at radius 1 is 1.26 bits per heavy atom. The van der Waals surface area contributed by atoms with Gasteiger partial charge >= 0.3 is 0 Å². The van der Waals surface area contributed by atoms with Crippen molar-refractivity contribution < 1.29 is 0 Å². The number of halogens is 1.